The summed E-state index contributed by atoms with van der Waals surface area (Å²) in [6.07, 6.45) is -3.11. The smallest absolute Gasteiger partial charge is 0.361 e. The van der Waals surface area contributed by atoms with Gasteiger partial charge in [0.2, 0.25) is 0 Å². The van der Waals surface area contributed by atoms with Crippen LogP contribution in [0.3, 0.4) is 0 Å². The number of ether oxygens (including phenoxy) is 1. The molecule has 4 heteroatoms. The average Bonchev–Trinajstić information content (AvgIpc) is 2.39. The van der Waals surface area contributed by atoms with E-state index in [0.717, 1.165) is 12.5 Å². The SMILES string of the molecule is CC1(C(F)(F)F)OCCCc2ccccc21. The minimum atomic E-state index is -4.38. The van der Waals surface area contributed by atoms with E-state index in [1.54, 1.807) is 18.2 Å². The summed E-state index contributed by atoms with van der Waals surface area (Å²) in [4.78, 5) is 0. The number of aryl methyl sites for hydroxylation is 1. The second kappa shape index (κ2) is 3.77. The highest BCUT2D eigenvalue weighted by molar-refractivity contribution is 5.34. The average molecular weight is 230 g/mol. The van der Waals surface area contributed by atoms with Crippen molar-refractivity contribution in [3.05, 3.63) is 35.4 Å². The van der Waals surface area contributed by atoms with E-state index in [1.165, 1.54) is 6.07 Å². The number of alkyl halides is 3. The molecule has 1 aromatic carbocycles. The van der Waals surface area contributed by atoms with Gasteiger partial charge in [-0.2, -0.15) is 13.2 Å². The topological polar surface area (TPSA) is 9.23 Å². The summed E-state index contributed by atoms with van der Waals surface area (Å²) in [5, 5.41) is 0. The van der Waals surface area contributed by atoms with Gasteiger partial charge in [0.05, 0.1) is 0 Å². The zero-order chi connectivity index (χ0) is 11.8. The maximum Gasteiger partial charge on any atom is 0.421 e. The molecule has 2 rings (SSSR count). The molecule has 1 aromatic rings. The monoisotopic (exact) mass is 230 g/mol. The lowest BCUT2D eigenvalue weighted by molar-refractivity contribution is -0.276. The molecule has 1 aliphatic heterocycles. The Labute approximate surface area is 92.2 Å². The Morgan fingerprint density at radius 3 is 2.62 bits per heavy atom. The van der Waals surface area contributed by atoms with Crippen LogP contribution in [-0.2, 0) is 16.8 Å². The highest BCUT2D eigenvalue weighted by atomic mass is 19.4. The number of hydrogen-bond acceptors (Lipinski definition) is 1. The van der Waals surface area contributed by atoms with Gasteiger partial charge in [0.25, 0.3) is 0 Å². The van der Waals surface area contributed by atoms with Crippen molar-refractivity contribution in [2.24, 2.45) is 0 Å². The zero-order valence-corrected chi connectivity index (χ0v) is 8.97. The van der Waals surface area contributed by atoms with Gasteiger partial charge in [-0.25, -0.2) is 0 Å². The first kappa shape index (κ1) is 11.5. The van der Waals surface area contributed by atoms with Crippen LogP contribution in [0.15, 0.2) is 24.3 Å². The van der Waals surface area contributed by atoms with Gasteiger partial charge >= 0.3 is 6.18 Å². The Kier molecular flexibility index (Phi) is 2.70. The summed E-state index contributed by atoms with van der Waals surface area (Å²) < 4.78 is 44.2. The maximum atomic E-state index is 13.1. The van der Waals surface area contributed by atoms with E-state index >= 15 is 0 Å². The molecule has 0 amide bonds. The van der Waals surface area contributed by atoms with Gasteiger partial charge < -0.3 is 4.74 Å². The van der Waals surface area contributed by atoms with E-state index in [1.807, 2.05) is 0 Å². The second-order valence-corrected chi connectivity index (χ2v) is 4.14. The molecule has 0 aromatic heterocycles. The molecule has 1 nitrogen and oxygen atoms in total. The van der Waals surface area contributed by atoms with Gasteiger partial charge in [0.15, 0.2) is 5.60 Å². The molecule has 1 heterocycles. The molecule has 0 bridgehead atoms. The van der Waals surface area contributed by atoms with Crippen molar-refractivity contribution in [3.8, 4) is 0 Å². The lowest BCUT2D eigenvalue weighted by atomic mass is 9.90. The highest BCUT2D eigenvalue weighted by Crippen LogP contribution is 2.44. The molecule has 0 N–H and O–H groups in total. The Morgan fingerprint density at radius 2 is 1.94 bits per heavy atom. The summed E-state index contributed by atoms with van der Waals surface area (Å²) in [7, 11) is 0. The molecule has 0 saturated carbocycles. The molecule has 88 valence electrons. The van der Waals surface area contributed by atoms with Crippen LogP contribution >= 0.6 is 0 Å². The summed E-state index contributed by atoms with van der Waals surface area (Å²) in [6.45, 7) is 1.25. The minimum Gasteiger partial charge on any atom is -0.361 e. The fourth-order valence-corrected chi connectivity index (χ4v) is 2.05. The Bertz CT molecular complexity index is 386. The van der Waals surface area contributed by atoms with Crippen LogP contribution in [0.1, 0.15) is 24.5 Å². The quantitative estimate of drug-likeness (QED) is 0.663. The lowest BCUT2D eigenvalue weighted by Crippen LogP contribution is -2.42. The molecule has 0 fully saturated rings. The maximum absolute atomic E-state index is 13.1. The number of fused-ring (bicyclic) bond motifs is 1. The first-order valence-electron chi connectivity index (χ1n) is 5.24. The van der Waals surface area contributed by atoms with Gasteiger partial charge in [0.1, 0.15) is 0 Å². The van der Waals surface area contributed by atoms with Crippen LogP contribution in [0, 0.1) is 0 Å². The van der Waals surface area contributed by atoms with E-state index < -0.39 is 11.8 Å². The normalized spacial score (nSPS) is 26.0. The summed E-state index contributed by atoms with van der Waals surface area (Å²) in [5.41, 5.74) is -1.18. The summed E-state index contributed by atoms with van der Waals surface area (Å²) in [6, 6.07) is 6.64. The fraction of sp³-hybridized carbons (Fsp3) is 0.500. The van der Waals surface area contributed by atoms with Gasteiger partial charge in [-0.15, -0.1) is 0 Å². The molecular weight excluding hydrogens is 217 g/mol. The summed E-state index contributed by atoms with van der Waals surface area (Å²) in [5.74, 6) is 0. The third-order valence-electron chi connectivity index (χ3n) is 3.05. The Morgan fingerprint density at radius 1 is 1.25 bits per heavy atom. The van der Waals surface area contributed by atoms with E-state index in [2.05, 4.69) is 0 Å². The third-order valence-corrected chi connectivity index (χ3v) is 3.05. The molecule has 1 atom stereocenters. The van der Waals surface area contributed by atoms with Crippen molar-refractivity contribution >= 4 is 0 Å². The van der Waals surface area contributed by atoms with Gasteiger partial charge in [0, 0.05) is 6.61 Å². The van der Waals surface area contributed by atoms with Crippen LogP contribution in [0.25, 0.3) is 0 Å². The summed E-state index contributed by atoms with van der Waals surface area (Å²) >= 11 is 0. The first-order chi connectivity index (χ1) is 7.45. The Balaban J connectivity index is 2.55. The molecule has 0 aliphatic carbocycles. The number of halogens is 3. The largest absolute Gasteiger partial charge is 0.421 e. The van der Waals surface area contributed by atoms with E-state index in [0.29, 0.717) is 12.8 Å². The van der Waals surface area contributed by atoms with Crippen molar-refractivity contribution in [2.75, 3.05) is 6.61 Å². The van der Waals surface area contributed by atoms with Crippen LogP contribution in [-0.4, -0.2) is 12.8 Å². The highest BCUT2D eigenvalue weighted by Gasteiger charge is 2.54. The van der Waals surface area contributed by atoms with Crippen molar-refractivity contribution in [2.45, 2.75) is 31.5 Å². The third kappa shape index (κ3) is 1.71. The molecule has 1 aliphatic rings. The molecular formula is C12H13F3O. The predicted octanol–water partition coefficient (Wildman–Crippen LogP) is 3.43. The Hall–Kier alpha value is -1.03. The number of rotatable bonds is 0. The molecule has 0 saturated heterocycles. The molecule has 1 unspecified atom stereocenters. The number of hydrogen-bond donors (Lipinski definition) is 0. The lowest BCUT2D eigenvalue weighted by Gasteiger charge is -2.32. The van der Waals surface area contributed by atoms with Gasteiger partial charge in [-0.05, 0) is 30.9 Å². The molecule has 0 spiro atoms. The van der Waals surface area contributed by atoms with Crippen molar-refractivity contribution in [3.63, 3.8) is 0 Å². The van der Waals surface area contributed by atoms with Crippen molar-refractivity contribution in [1.82, 2.24) is 0 Å². The second-order valence-electron chi connectivity index (χ2n) is 4.14. The van der Waals surface area contributed by atoms with Crippen LogP contribution < -0.4 is 0 Å². The zero-order valence-electron chi connectivity index (χ0n) is 8.97. The van der Waals surface area contributed by atoms with Crippen LogP contribution in [0.2, 0.25) is 0 Å². The van der Waals surface area contributed by atoms with Crippen LogP contribution in [0.4, 0.5) is 13.2 Å². The minimum absolute atomic E-state index is 0.144. The van der Waals surface area contributed by atoms with E-state index in [-0.39, 0.29) is 12.2 Å². The fourth-order valence-electron chi connectivity index (χ4n) is 2.05. The van der Waals surface area contributed by atoms with Crippen molar-refractivity contribution in [1.29, 1.82) is 0 Å². The predicted molar refractivity (Wildman–Crippen MR) is 54.1 cm³/mol. The van der Waals surface area contributed by atoms with Gasteiger partial charge in [-0.3, -0.25) is 0 Å². The van der Waals surface area contributed by atoms with Crippen molar-refractivity contribution < 1.29 is 17.9 Å². The number of benzene rings is 1. The van der Waals surface area contributed by atoms with Gasteiger partial charge in [-0.1, -0.05) is 24.3 Å². The van der Waals surface area contributed by atoms with E-state index in [9.17, 15) is 13.2 Å². The standard InChI is InChI=1S/C12H13F3O/c1-11(12(13,14)15)10-7-3-2-5-9(10)6-4-8-16-11/h2-3,5,7H,4,6,8H2,1H3. The molecule has 0 radical (unpaired) electrons. The molecule has 16 heavy (non-hydrogen) atoms. The van der Waals surface area contributed by atoms with Crippen LogP contribution in [0.5, 0.6) is 0 Å². The first-order valence-corrected chi connectivity index (χ1v) is 5.24. The van der Waals surface area contributed by atoms with E-state index in [4.69, 9.17) is 4.74 Å².